The van der Waals surface area contributed by atoms with E-state index in [0.29, 0.717) is 11.3 Å². The first-order chi connectivity index (χ1) is 5.65. The molecule has 0 fully saturated rings. The van der Waals surface area contributed by atoms with Crippen LogP contribution in [0.5, 0.6) is 0 Å². The summed E-state index contributed by atoms with van der Waals surface area (Å²) in [5.74, 6) is -0.968. The number of nitrogen functional groups attached to an aromatic ring is 1. The van der Waals surface area contributed by atoms with Crippen molar-refractivity contribution < 1.29 is 9.90 Å². The summed E-state index contributed by atoms with van der Waals surface area (Å²) in [5, 5.41) is 8.61. The quantitative estimate of drug-likeness (QED) is 0.678. The lowest BCUT2D eigenvalue weighted by Gasteiger charge is -2.02. The molecule has 1 aromatic carbocycles. The molecular weight excluding hydrogens is 227 g/mol. The highest BCUT2D eigenvalue weighted by Crippen LogP contribution is 2.13. The molecule has 5 N–H and O–H groups in total. The number of anilines is 1. The minimum Gasteiger partial charge on any atom is -0.478 e. The summed E-state index contributed by atoms with van der Waals surface area (Å²) in [7, 11) is 0. The molecule has 0 saturated carbocycles. The Bertz CT molecular complexity index is 318. The fourth-order valence-electron chi connectivity index (χ4n) is 0.916. The highest BCUT2D eigenvalue weighted by molar-refractivity contribution is 5.88. The lowest BCUT2D eigenvalue weighted by Crippen LogP contribution is -2.04. The van der Waals surface area contributed by atoms with E-state index in [1.54, 1.807) is 6.07 Å². The molecule has 0 radical (unpaired) electrons. The molecule has 14 heavy (non-hydrogen) atoms. The van der Waals surface area contributed by atoms with Crippen LogP contribution in [0.25, 0.3) is 0 Å². The molecule has 80 valence electrons. The van der Waals surface area contributed by atoms with Gasteiger partial charge in [0.25, 0.3) is 0 Å². The fraction of sp³-hybridized carbons (Fsp3) is 0.125. The van der Waals surface area contributed by atoms with E-state index >= 15 is 0 Å². The standard InChI is InChI=1S/C8H10N2O2.2ClH/c9-4-6-3-5(8(11)12)1-2-7(6)10;;/h1-3H,4,9-10H2,(H,11,12);2*1H. The number of rotatable bonds is 2. The molecule has 6 heteroatoms. The van der Waals surface area contributed by atoms with Crippen LogP contribution < -0.4 is 11.5 Å². The van der Waals surface area contributed by atoms with Gasteiger partial charge in [-0.05, 0) is 23.8 Å². The van der Waals surface area contributed by atoms with Crippen LogP contribution in [-0.2, 0) is 6.54 Å². The van der Waals surface area contributed by atoms with E-state index in [-0.39, 0.29) is 36.9 Å². The maximum absolute atomic E-state index is 10.5. The third-order valence-electron chi connectivity index (χ3n) is 1.61. The van der Waals surface area contributed by atoms with Crippen molar-refractivity contribution >= 4 is 36.5 Å². The third kappa shape index (κ3) is 3.41. The zero-order chi connectivity index (χ0) is 9.14. The molecule has 0 aromatic heterocycles. The molecule has 0 heterocycles. The Morgan fingerprint density at radius 3 is 2.36 bits per heavy atom. The zero-order valence-electron chi connectivity index (χ0n) is 7.27. The second kappa shape index (κ2) is 6.48. The maximum atomic E-state index is 10.5. The van der Waals surface area contributed by atoms with Gasteiger partial charge in [-0.3, -0.25) is 0 Å². The topological polar surface area (TPSA) is 89.3 Å². The lowest BCUT2D eigenvalue weighted by atomic mass is 10.1. The van der Waals surface area contributed by atoms with Crippen molar-refractivity contribution in [2.24, 2.45) is 5.73 Å². The summed E-state index contributed by atoms with van der Waals surface area (Å²) in [6.45, 7) is 0.257. The summed E-state index contributed by atoms with van der Waals surface area (Å²) in [6, 6.07) is 4.49. The Morgan fingerprint density at radius 1 is 1.36 bits per heavy atom. The lowest BCUT2D eigenvalue weighted by molar-refractivity contribution is 0.0697. The van der Waals surface area contributed by atoms with Gasteiger partial charge >= 0.3 is 5.97 Å². The van der Waals surface area contributed by atoms with Crippen molar-refractivity contribution in [1.29, 1.82) is 0 Å². The predicted octanol–water partition coefficient (Wildman–Crippen LogP) is 1.27. The van der Waals surface area contributed by atoms with Gasteiger partial charge in [-0.15, -0.1) is 24.8 Å². The predicted molar refractivity (Wildman–Crippen MR) is 60.2 cm³/mol. The number of hydrogen-bond donors (Lipinski definition) is 3. The molecule has 1 aromatic rings. The van der Waals surface area contributed by atoms with Crippen LogP contribution in [0.3, 0.4) is 0 Å². The Balaban J connectivity index is 0. The molecule has 0 bridgehead atoms. The highest BCUT2D eigenvalue weighted by atomic mass is 35.5. The molecule has 0 aliphatic heterocycles. The van der Waals surface area contributed by atoms with Crippen molar-refractivity contribution in [3.63, 3.8) is 0 Å². The molecule has 0 unspecified atom stereocenters. The normalized spacial score (nSPS) is 8.36. The number of carbonyl (C=O) groups is 1. The average Bonchev–Trinajstić information content (AvgIpc) is 2.05. The molecule has 1 rings (SSSR count). The monoisotopic (exact) mass is 238 g/mol. The SMILES string of the molecule is Cl.Cl.NCc1cc(C(=O)O)ccc1N. The molecule has 4 nitrogen and oxygen atoms in total. The number of benzene rings is 1. The average molecular weight is 239 g/mol. The van der Waals surface area contributed by atoms with Crippen molar-refractivity contribution in [3.05, 3.63) is 29.3 Å². The van der Waals surface area contributed by atoms with Crippen molar-refractivity contribution in [2.45, 2.75) is 6.54 Å². The second-order valence-corrected chi connectivity index (χ2v) is 2.42. The first-order valence-corrected chi connectivity index (χ1v) is 3.47. The van der Waals surface area contributed by atoms with Crippen molar-refractivity contribution in [1.82, 2.24) is 0 Å². The number of carboxylic acids is 1. The fourth-order valence-corrected chi connectivity index (χ4v) is 0.916. The van der Waals surface area contributed by atoms with Gasteiger partial charge in [-0.25, -0.2) is 4.79 Å². The minimum atomic E-state index is -0.968. The smallest absolute Gasteiger partial charge is 0.335 e. The summed E-state index contributed by atoms with van der Waals surface area (Å²) in [5.41, 5.74) is 12.3. The van der Waals surface area contributed by atoms with Gasteiger partial charge in [0.15, 0.2) is 0 Å². The number of nitrogens with two attached hydrogens (primary N) is 2. The van der Waals surface area contributed by atoms with E-state index in [1.807, 2.05) is 0 Å². The van der Waals surface area contributed by atoms with E-state index in [1.165, 1.54) is 12.1 Å². The van der Waals surface area contributed by atoms with Crippen LogP contribution in [0.1, 0.15) is 15.9 Å². The number of carboxylic acid groups (broad SMARTS) is 1. The second-order valence-electron chi connectivity index (χ2n) is 2.42. The van der Waals surface area contributed by atoms with Gasteiger partial charge < -0.3 is 16.6 Å². The van der Waals surface area contributed by atoms with E-state index in [0.717, 1.165) is 0 Å². The Morgan fingerprint density at radius 2 is 1.93 bits per heavy atom. The molecule has 0 saturated heterocycles. The van der Waals surface area contributed by atoms with Gasteiger partial charge in [-0.2, -0.15) is 0 Å². The molecular formula is C8H12Cl2N2O2. The highest BCUT2D eigenvalue weighted by Gasteiger charge is 2.04. The summed E-state index contributed by atoms with van der Waals surface area (Å²) in [6.07, 6.45) is 0. The molecule has 0 spiro atoms. The van der Waals surface area contributed by atoms with E-state index in [2.05, 4.69) is 0 Å². The van der Waals surface area contributed by atoms with Crippen molar-refractivity contribution in [2.75, 3.05) is 5.73 Å². The van der Waals surface area contributed by atoms with Gasteiger partial charge in [0.2, 0.25) is 0 Å². The maximum Gasteiger partial charge on any atom is 0.335 e. The van der Waals surface area contributed by atoms with E-state index in [4.69, 9.17) is 16.6 Å². The van der Waals surface area contributed by atoms with E-state index < -0.39 is 5.97 Å². The third-order valence-corrected chi connectivity index (χ3v) is 1.61. The first kappa shape index (κ1) is 15.5. The molecule has 0 aliphatic carbocycles. The number of hydrogen-bond acceptors (Lipinski definition) is 3. The van der Waals surface area contributed by atoms with Gasteiger partial charge in [-0.1, -0.05) is 0 Å². The largest absolute Gasteiger partial charge is 0.478 e. The number of aromatic carboxylic acids is 1. The van der Waals surface area contributed by atoms with Crippen LogP contribution >= 0.6 is 24.8 Å². The zero-order valence-corrected chi connectivity index (χ0v) is 8.90. The van der Waals surface area contributed by atoms with Crippen molar-refractivity contribution in [3.8, 4) is 0 Å². The van der Waals surface area contributed by atoms with Gasteiger partial charge in [0.1, 0.15) is 0 Å². The molecule has 0 atom stereocenters. The molecule has 0 aliphatic rings. The Kier molecular flexibility index (Phi) is 7.17. The summed E-state index contributed by atoms with van der Waals surface area (Å²) >= 11 is 0. The van der Waals surface area contributed by atoms with Gasteiger partial charge in [0.05, 0.1) is 5.56 Å². The first-order valence-electron chi connectivity index (χ1n) is 3.47. The van der Waals surface area contributed by atoms with Crippen LogP contribution in [0, 0.1) is 0 Å². The van der Waals surface area contributed by atoms with E-state index in [9.17, 15) is 4.79 Å². The Hall–Kier alpha value is -0.970. The van der Waals surface area contributed by atoms with Crippen LogP contribution in [-0.4, -0.2) is 11.1 Å². The summed E-state index contributed by atoms with van der Waals surface area (Å²) < 4.78 is 0. The minimum absolute atomic E-state index is 0. The Labute approximate surface area is 94.1 Å². The number of halogens is 2. The van der Waals surface area contributed by atoms with Crippen LogP contribution in [0.4, 0.5) is 5.69 Å². The van der Waals surface area contributed by atoms with Crippen LogP contribution in [0.2, 0.25) is 0 Å². The molecule has 0 amide bonds. The van der Waals surface area contributed by atoms with Gasteiger partial charge in [0, 0.05) is 12.2 Å². The van der Waals surface area contributed by atoms with Crippen LogP contribution in [0.15, 0.2) is 18.2 Å². The summed E-state index contributed by atoms with van der Waals surface area (Å²) in [4.78, 5) is 10.5.